The van der Waals surface area contributed by atoms with Crippen molar-refractivity contribution in [3.8, 4) is 0 Å². The van der Waals surface area contributed by atoms with Crippen LogP contribution in [0, 0.1) is 18.7 Å². The molecule has 2 N–H and O–H groups in total. The molecule has 0 unspecified atom stereocenters. The second-order valence-electron chi connectivity index (χ2n) is 4.19. The first-order chi connectivity index (χ1) is 6.52. The zero-order valence-corrected chi connectivity index (χ0v) is 10.3. The summed E-state index contributed by atoms with van der Waals surface area (Å²) in [7, 11) is 0. The number of hydrogen-bond acceptors (Lipinski definition) is 1. The molecule has 0 bridgehead atoms. The molecule has 0 amide bonds. The van der Waals surface area contributed by atoms with Gasteiger partial charge >= 0.3 is 0 Å². The highest BCUT2D eigenvalue weighted by molar-refractivity contribution is 5.85. The van der Waals surface area contributed by atoms with E-state index in [-0.39, 0.29) is 24.3 Å². The molecule has 0 saturated heterocycles. The van der Waals surface area contributed by atoms with Gasteiger partial charge in [-0.3, -0.25) is 0 Å². The van der Waals surface area contributed by atoms with Crippen molar-refractivity contribution >= 4 is 12.4 Å². The van der Waals surface area contributed by atoms with Crippen LogP contribution in [0.2, 0.25) is 0 Å². The smallest absolute Gasteiger partial charge is 0.126 e. The Balaban J connectivity index is 0.00000196. The highest BCUT2D eigenvalue weighted by atomic mass is 35.5. The lowest BCUT2D eigenvalue weighted by Crippen LogP contribution is -2.14. The predicted molar refractivity (Wildman–Crippen MR) is 64.8 cm³/mol. The van der Waals surface area contributed by atoms with E-state index in [1.807, 2.05) is 6.07 Å². The Morgan fingerprint density at radius 1 is 1.33 bits per heavy atom. The molecule has 0 aliphatic carbocycles. The maximum Gasteiger partial charge on any atom is 0.126 e. The highest BCUT2D eigenvalue weighted by Gasteiger charge is 2.12. The Morgan fingerprint density at radius 3 is 2.47 bits per heavy atom. The standard InChI is InChI=1S/C12H18FN.ClH/c1-8(2)7-12(14)10-5-4-6-11(13)9(10)3;/h4-6,8,12H,7,14H2,1-3H3;1H/t12-;/m0./s1. The molecule has 0 heterocycles. The van der Waals surface area contributed by atoms with Gasteiger partial charge in [0.05, 0.1) is 0 Å². The third-order valence-electron chi connectivity index (χ3n) is 2.43. The monoisotopic (exact) mass is 231 g/mol. The number of rotatable bonds is 3. The lowest BCUT2D eigenvalue weighted by Gasteiger charge is -2.16. The average molecular weight is 232 g/mol. The molecule has 0 spiro atoms. The molecule has 15 heavy (non-hydrogen) atoms. The summed E-state index contributed by atoms with van der Waals surface area (Å²) in [6.07, 6.45) is 0.893. The van der Waals surface area contributed by atoms with Crippen LogP contribution in [0.25, 0.3) is 0 Å². The van der Waals surface area contributed by atoms with Gasteiger partial charge in [0.2, 0.25) is 0 Å². The van der Waals surface area contributed by atoms with Crippen molar-refractivity contribution in [3.05, 3.63) is 35.1 Å². The first-order valence-electron chi connectivity index (χ1n) is 5.03. The molecule has 0 saturated carbocycles. The topological polar surface area (TPSA) is 26.0 Å². The maximum atomic E-state index is 13.2. The second kappa shape index (κ2) is 6.09. The van der Waals surface area contributed by atoms with E-state index >= 15 is 0 Å². The van der Waals surface area contributed by atoms with E-state index in [1.54, 1.807) is 13.0 Å². The minimum atomic E-state index is -0.165. The van der Waals surface area contributed by atoms with E-state index in [9.17, 15) is 4.39 Å². The fourth-order valence-corrected chi connectivity index (χ4v) is 1.66. The molecule has 0 aliphatic rings. The van der Waals surface area contributed by atoms with E-state index < -0.39 is 0 Å². The van der Waals surface area contributed by atoms with Crippen molar-refractivity contribution < 1.29 is 4.39 Å². The first kappa shape index (κ1) is 14.4. The number of halogens is 2. The molecular weight excluding hydrogens is 213 g/mol. The van der Waals surface area contributed by atoms with Crippen LogP contribution in [0.5, 0.6) is 0 Å². The van der Waals surface area contributed by atoms with Crippen LogP contribution in [0.4, 0.5) is 4.39 Å². The lowest BCUT2D eigenvalue weighted by atomic mass is 9.94. The van der Waals surface area contributed by atoms with Gasteiger partial charge in [-0.25, -0.2) is 4.39 Å². The summed E-state index contributed by atoms with van der Waals surface area (Å²) in [4.78, 5) is 0. The van der Waals surface area contributed by atoms with Crippen LogP contribution in [0.1, 0.15) is 37.4 Å². The normalized spacial score (nSPS) is 12.4. The van der Waals surface area contributed by atoms with Gasteiger partial charge < -0.3 is 5.73 Å². The van der Waals surface area contributed by atoms with Crippen LogP contribution in [0.3, 0.4) is 0 Å². The van der Waals surface area contributed by atoms with E-state index in [1.165, 1.54) is 6.07 Å². The van der Waals surface area contributed by atoms with E-state index in [2.05, 4.69) is 13.8 Å². The van der Waals surface area contributed by atoms with Crippen LogP contribution < -0.4 is 5.73 Å². The summed E-state index contributed by atoms with van der Waals surface area (Å²) >= 11 is 0. The highest BCUT2D eigenvalue weighted by Crippen LogP contribution is 2.23. The van der Waals surface area contributed by atoms with Gasteiger partial charge in [-0.2, -0.15) is 0 Å². The summed E-state index contributed by atoms with van der Waals surface area (Å²) < 4.78 is 13.2. The fraction of sp³-hybridized carbons (Fsp3) is 0.500. The molecule has 1 aromatic rings. The van der Waals surface area contributed by atoms with E-state index in [0.29, 0.717) is 11.5 Å². The molecule has 1 atom stereocenters. The molecule has 0 fully saturated rings. The average Bonchev–Trinajstić information content (AvgIpc) is 2.08. The van der Waals surface area contributed by atoms with Crippen LogP contribution in [-0.4, -0.2) is 0 Å². The Hall–Kier alpha value is -0.600. The Labute approximate surface area is 97.3 Å². The molecule has 0 aliphatic heterocycles. The third-order valence-corrected chi connectivity index (χ3v) is 2.43. The summed E-state index contributed by atoms with van der Waals surface area (Å²) in [5.41, 5.74) is 7.61. The zero-order chi connectivity index (χ0) is 10.7. The summed E-state index contributed by atoms with van der Waals surface area (Å²) in [6, 6.07) is 5.05. The van der Waals surface area contributed by atoms with Gasteiger partial charge in [-0.1, -0.05) is 26.0 Å². The Morgan fingerprint density at radius 2 is 1.93 bits per heavy atom. The predicted octanol–water partition coefficient (Wildman–Crippen LogP) is 3.60. The van der Waals surface area contributed by atoms with Gasteiger partial charge in [0.15, 0.2) is 0 Å². The van der Waals surface area contributed by atoms with Crippen LogP contribution in [-0.2, 0) is 0 Å². The van der Waals surface area contributed by atoms with Crippen molar-refractivity contribution in [1.29, 1.82) is 0 Å². The number of benzene rings is 1. The summed E-state index contributed by atoms with van der Waals surface area (Å²) in [5, 5.41) is 0. The van der Waals surface area contributed by atoms with Gasteiger partial charge in [0.1, 0.15) is 5.82 Å². The molecule has 86 valence electrons. The minimum absolute atomic E-state index is 0. The van der Waals surface area contributed by atoms with Gasteiger partial charge in [0.25, 0.3) is 0 Å². The molecule has 1 aromatic carbocycles. The van der Waals surface area contributed by atoms with Crippen molar-refractivity contribution in [2.24, 2.45) is 11.7 Å². The molecule has 3 heteroatoms. The second-order valence-corrected chi connectivity index (χ2v) is 4.19. The Kier molecular flexibility index (Phi) is 5.84. The van der Waals surface area contributed by atoms with Crippen molar-refractivity contribution in [2.75, 3.05) is 0 Å². The van der Waals surface area contributed by atoms with Gasteiger partial charge in [-0.15, -0.1) is 12.4 Å². The van der Waals surface area contributed by atoms with Crippen molar-refractivity contribution in [1.82, 2.24) is 0 Å². The van der Waals surface area contributed by atoms with E-state index in [4.69, 9.17) is 5.73 Å². The minimum Gasteiger partial charge on any atom is -0.324 e. The number of hydrogen-bond donors (Lipinski definition) is 1. The quantitative estimate of drug-likeness (QED) is 0.845. The molecule has 1 rings (SSSR count). The van der Waals surface area contributed by atoms with E-state index in [0.717, 1.165) is 12.0 Å². The zero-order valence-electron chi connectivity index (χ0n) is 9.46. The lowest BCUT2D eigenvalue weighted by molar-refractivity contribution is 0.504. The largest absolute Gasteiger partial charge is 0.324 e. The van der Waals surface area contributed by atoms with Crippen LogP contribution in [0.15, 0.2) is 18.2 Å². The molecule has 0 aromatic heterocycles. The van der Waals surface area contributed by atoms with Crippen molar-refractivity contribution in [3.63, 3.8) is 0 Å². The third kappa shape index (κ3) is 3.80. The SMILES string of the molecule is Cc1c(F)cccc1[C@@H](N)CC(C)C.Cl. The fourth-order valence-electron chi connectivity index (χ4n) is 1.66. The maximum absolute atomic E-state index is 13.2. The van der Waals surface area contributed by atoms with Gasteiger partial charge in [0, 0.05) is 6.04 Å². The Bertz CT molecular complexity index is 312. The summed E-state index contributed by atoms with van der Waals surface area (Å²) in [5.74, 6) is 0.370. The van der Waals surface area contributed by atoms with Crippen LogP contribution >= 0.6 is 12.4 Å². The number of nitrogens with two attached hydrogens (primary N) is 1. The molecule has 0 radical (unpaired) electrons. The molecule has 1 nitrogen and oxygen atoms in total. The first-order valence-corrected chi connectivity index (χ1v) is 5.03. The molecular formula is C12H19ClFN. The summed E-state index contributed by atoms with van der Waals surface area (Å²) in [6.45, 7) is 6.02. The van der Waals surface area contributed by atoms with Gasteiger partial charge in [-0.05, 0) is 36.5 Å². The van der Waals surface area contributed by atoms with Crippen molar-refractivity contribution in [2.45, 2.75) is 33.2 Å².